The van der Waals surface area contributed by atoms with Crippen molar-refractivity contribution >= 4 is 13.2 Å². The highest BCUT2D eigenvalue weighted by molar-refractivity contribution is 7.68. The van der Waals surface area contributed by atoms with Gasteiger partial charge in [0, 0.05) is 17.3 Å². The number of fused-ring (bicyclic) bond motifs is 1. The van der Waals surface area contributed by atoms with E-state index in [1.165, 1.54) is 6.07 Å². The number of rotatable bonds is 5. The van der Waals surface area contributed by atoms with Crippen molar-refractivity contribution in [2.45, 2.75) is 51.3 Å². The summed E-state index contributed by atoms with van der Waals surface area (Å²) in [5, 5.41) is 1.02. The zero-order valence-electron chi connectivity index (χ0n) is 20.8. The molecule has 2 atom stereocenters. The molecule has 0 N–H and O–H groups in total. The van der Waals surface area contributed by atoms with Gasteiger partial charge in [-0.15, -0.1) is 0 Å². The lowest BCUT2D eigenvalue weighted by molar-refractivity contribution is -0.137. The number of hydrogen-bond donors (Lipinski definition) is 0. The van der Waals surface area contributed by atoms with E-state index in [0.29, 0.717) is 23.5 Å². The minimum absolute atomic E-state index is 0.115. The lowest BCUT2D eigenvalue weighted by atomic mass is 10.0. The predicted molar refractivity (Wildman–Crippen MR) is 136 cm³/mol. The highest BCUT2D eigenvalue weighted by Crippen LogP contribution is 2.61. The second kappa shape index (κ2) is 9.39. The van der Waals surface area contributed by atoms with Crippen molar-refractivity contribution in [3.63, 3.8) is 0 Å². The molecular weight excluding hydrogens is 472 g/mol. The van der Waals surface area contributed by atoms with Gasteiger partial charge in [0.05, 0.1) is 25.3 Å². The summed E-state index contributed by atoms with van der Waals surface area (Å²) in [6.45, 7) is 8.32. The van der Waals surface area contributed by atoms with E-state index in [0.717, 1.165) is 33.8 Å². The first-order valence-electron chi connectivity index (χ1n) is 11.4. The van der Waals surface area contributed by atoms with Gasteiger partial charge in [-0.05, 0) is 61.5 Å². The molecule has 35 heavy (non-hydrogen) atoms. The molecule has 3 nitrogen and oxygen atoms in total. The summed E-state index contributed by atoms with van der Waals surface area (Å²) in [7, 11) is 2.41. The van der Waals surface area contributed by atoms with Crippen LogP contribution < -0.4 is 19.5 Å². The lowest BCUT2D eigenvalue weighted by Crippen LogP contribution is -2.26. The molecule has 0 fully saturated rings. The Labute approximate surface area is 206 Å². The Balaban J connectivity index is 1.81. The molecule has 0 bridgehead atoms. The molecule has 0 spiro atoms. The third-order valence-corrected chi connectivity index (χ3v) is 9.53. The molecule has 186 valence electrons. The fraction of sp³-hybridized carbons (Fsp3) is 0.357. The van der Waals surface area contributed by atoms with Crippen LogP contribution in [0.2, 0.25) is 0 Å². The molecule has 3 aromatic rings. The van der Waals surface area contributed by atoms with E-state index < -0.39 is 19.7 Å². The maximum Gasteiger partial charge on any atom is 0.416 e. The molecule has 0 saturated carbocycles. The summed E-state index contributed by atoms with van der Waals surface area (Å²) >= 11 is 0. The number of ether oxygens (including phenoxy) is 3. The molecule has 1 aliphatic heterocycles. The van der Waals surface area contributed by atoms with E-state index in [1.54, 1.807) is 27.2 Å². The Morgan fingerprint density at radius 3 is 2.09 bits per heavy atom. The van der Waals surface area contributed by atoms with Crippen LogP contribution in [0.15, 0.2) is 54.6 Å². The van der Waals surface area contributed by atoms with Crippen LogP contribution in [0.5, 0.6) is 17.2 Å². The highest BCUT2D eigenvalue weighted by Gasteiger charge is 2.44. The second-order valence-electron chi connectivity index (χ2n) is 9.65. The molecule has 0 saturated heterocycles. The van der Waals surface area contributed by atoms with E-state index in [4.69, 9.17) is 14.2 Å². The van der Waals surface area contributed by atoms with Crippen LogP contribution in [0.3, 0.4) is 0 Å². The van der Waals surface area contributed by atoms with Gasteiger partial charge >= 0.3 is 6.18 Å². The van der Waals surface area contributed by atoms with E-state index >= 15 is 0 Å². The SMILES string of the molecule is COc1cccc(OC)c1-c1cccc2c1[P@](C(C)(C)C)[C@H](Cc1ccc(C(F)(F)F)cc1C)O2. The highest BCUT2D eigenvalue weighted by atomic mass is 31.1. The molecule has 0 radical (unpaired) electrons. The first-order chi connectivity index (χ1) is 16.5. The van der Waals surface area contributed by atoms with E-state index in [1.807, 2.05) is 30.3 Å². The Kier molecular flexibility index (Phi) is 6.80. The zero-order chi connectivity index (χ0) is 25.5. The zero-order valence-corrected chi connectivity index (χ0v) is 21.7. The monoisotopic (exact) mass is 502 g/mol. The Morgan fingerprint density at radius 2 is 1.54 bits per heavy atom. The molecule has 1 aliphatic rings. The van der Waals surface area contributed by atoms with Crippen molar-refractivity contribution in [2.24, 2.45) is 0 Å². The van der Waals surface area contributed by atoms with E-state index in [-0.39, 0.29) is 11.0 Å². The number of halogens is 3. The predicted octanol–water partition coefficient (Wildman–Crippen LogP) is 7.56. The van der Waals surface area contributed by atoms with Crippen molar-refractivity contribution in [3.05, 3.63) is 71.3 Å². The normalized spacial score (nSPS) is 17.6. The first kappa shape index (κ1) is 25.4. The molecule has 0 aliphatic carbocycles. The quantitative estimate of drug-likeness (QED) is 0.337. The van der Waals surface area contributed by atoms with Crippen LogP contribution >= 0.6 is 7.92 Å². The van der Waals surface area contributed by atoms with Crippen LogP contribution in [-0.4, -0.2) is 25.2 Å². The van der Waals surface area contributed by atoms with Gasteiger partial charge in [-0.2, -0.15) is 13.2 Å². The Morgan fingerprint density at radius 1 is 0.914 bits per heavy atom. The Hall–Kier alpha value is -2.72. The molecular formula is C28H30F3O3P. The minimum Gasteiger partial charge on any atom is -0.496 e. The fourth-order valence-corrected chi connectivity index (χ4v) is 7.95. The second-order valence-corrected chi connectivity index (χ2v) is 12.8. The maximum atomic E-state index is 13.2. The first-order valence-corrected chi connectivity index (χ1v) is 12.8. The molecule has 0 unspecified atom stereocenters. The van der Waals surface area contributed by atoms with Crippen molar-refractivity contribution in [3.8, 4) is 28.4 Å². The van der Waals surface area contributed by atoms with Gasteiger partial charge in [0.15, 0.2) is 0 Å². The van der Waals surface area contributed by atoms with Crippen LogP contribution in [0.25, 0.3) is 11.1 Å². The maximum absolute atomic E-state index is 13.2. The van der Waals surface area contributed by atoms with Crippen LogP contribution in [-0.2, 0) is 12.6 Å². The molecule has 0 aromatic heterocycles. The van der Waals surface area contributed by atoms with Crippen molar-refractivity contribution in [1.82, 2.24) is 0 Å². The van der Waals surface area contributed by atoms with E-state index in [2.05, 4.69) is 26.8 Å². The van der Waals surface area contributed by atoms with Crippen molar-refractivity contribution in [2.75, 3.05) is 14.2 Å². The Bertz CT molecular complexity index is 1210. The topological polar surface area (TPSA) is 27.7 Å². The van der Waals surface area contributed by atoms with Gasteiger partial charge < -0.3 is 14.2 Å². The number of hydrogen-bond acceptors (Lipinski definition) is 3. The minimum atomic E-state index is -4.36. The molecule has 3 aromatic carbocycles. The molecule has 0 amide bonds. The lowest BCUT2D eigenvalue weighted by Gasteiger charge is -2.33. The van der Waals surface area contributed by atoms with Gasteiger partial charge in [-0.1, -0.05) is 45.0 Å². The molecule has 7 heteroatoms. The standard InChI is InChI=1S/C28H30F3O3P/c1-17-15-19(28(29,30)31)14-13-18(17)16-24-34-23-12-7-9-20(26(23)35(24)27(2,3)4)25-21(32-5)10-8-11-22(25)33-6/h7-15,24H,16H2,1-6H3/t24-,35-/m1/s1. The van der Waals surface area contributed by atoms with Crippen molar-refractivity contribution in [1.29, 1.82) is 0 Å². The summed E-state index contributed by atoms with van der Waals surface area (Å²) in [5.74, 6) is 2.07. The van der Waals surface area contributed by atoms with Gasteiger partial charge in [-0.3, -0.25) is 0 Å². The third-order valence-electron chi connectivity index (χ3n) is 6.28. The smallest absolute Gasteiger partial charge is 0.416 e. The number of methoxy groups -OCH3 is 2. The third kappa shape index (κ3) is 4.86. The number of alkyl halides is 3. The van der Waals surface area contributed by atoms with Crippen LogP contribution in [0.1, 0.15) is 37.5 Å². The summed E-state index contributed by atoms with van der Waals surface area (Å²) < 4.78 is 57.5. The largest absolute Gasteiger partial charge is 0.496 e. The average Bonchev–Trinajstić information content (AvgIpc) is 3.17. The van der Waals surface area contributed by atoms with E-state index in [9.17, 15) is 13.2 Å². The summed E-state index contributed by atoms with van der Waals surface area (Å²) in [6, 6.07) is 15.7. The van der Waals surface area contributed by atoms with Crippen LogP contribution in [0.4, 0.5) is 13.2 Å². The van der Waals surface area contributed by atoms with Gasteiger partial charge in [0.1, 0.15) is 23.1 Å². The fourth-order valence-electron chi connectivity index (χ4n) is 4.72. The summed E-state index contributed by atoms with van der Waals surface area (Å²) in [5.41, 5.74) is 2.74. The number of aryl methyl sites for hydroxylation is 1. The average molecular weight is 503 g/mol. The van der Waals surface area contributed by atoms with Gasteiger partial charge in [-0.25, -0.2) is 0 Å². The molecule has 1 heterocycles. The summed E-state index contributed by atoms with van der Waals surface area (Å²) in [4.78, 5) is 0. The van der Waals surface area contributed by atoms with Gasteiger partial charge in [0.2, 0.25) is 0 Å². The molecule has 4 rings (SSSR count). The van der Waals surface area contributed by atoms with Gasteiger partial charge in [0.25, 0.3) is 0 Å². The summed E-state index contributed by atoms with van der Waals surface area (Å²) in [6.07, 6.45) is -3.83. The van der Waals surface area contributed by atoms with Crippen LogP contribution in [0, 0.1) is 6.92 Å². The number of benzene rings is 3. The van der Waals surface area contributed by atoms with Crippen molar-refractivity contribution < 1.29 is 27.4 Å².